The summed E-state index contributed by atoms with van der Waals surface area (Å²) in [6, 6.07) is 0. The van der Waals surface area contributed by atoms with Gasteiger partial charge in [-0.15, -0.1) is 0 Å². The van der Waals surface area contributed by atoms with Crippen LogP contribution in [0, 0.1) is 0 Å². The molecule has 0 spiro atoms. The summed E-state index contributed by atoms with van der Waals surface area (Å²) in [5.74, 6) is 0. The van der Waals surface area contributed by atoms with Gasteiger partial charge in [0.15, 0.2) is 0 Å². The molecule has 0 aromatic heterocycles. The largest absolute Gasteiger partial charge is 0.468 e. The molecule has 3 heteroatoms. The molecule has 8 heavy (non-hydrogen) atoms. The highest BCUT2D eigenvalue weighted by Gasteiger charge is 1.92. The Labute approximate surface area is 57.3 Å². The molecule has 0 aromatic rings. The van der Waals surface area contributed by atoms with Gasteiger partial charge in [0, 0.05) is 4.83 Å². The maximum atomic E-state index is 9.55. The van der Waals surface area contributed by atoms with Crippen molar-refractivity contribution in [1.82, 2.24) is 0 Å². The second-order valence-corrected chi connectivity index (χ2v) is 3.10. The molecule has 0 amide bonds. The first-order valence-electron chi connectivity index (χ1n) is 2.46. The van der Waals surface area contributed by atoms with Crippen LogP contribution in [-0.4, -0.2) is 17.9 Å². The van der Waals surface area contributed by atoms with Gasteiger partial charge in [-0.05, 0) is 6.42 Å². The van der Waals surface area contributed by atoms with E-state index in [-0.39, 0.29) is 0 Å². The monoisotopic (exact) mass is 180 g/mol. The van der Waals surface area contributed by atoms with Crippen LogP contribution in [0.1, 0.15) is 13.3 Å². The van der Waals surface area contributed by atoms with E-state index in [1.165, 1.54) is 0 Å². The third-order valence-corrected chi connectivity index (χ3v) is 1.16. The van der Waals surface area contributed by atoms with Crippen LogP contribution in [0.25, 0.3) is 0 Å². The van der Waals surface area contributed by atoms with Gasteiger partial charge in [0.2, 0.25) is 0 Å². The first-order chi connectivity index (χ1) is 3.77. The Kier molecular flexibility index (Phi) is 5.06. The van der Waals surface area contributed by atoms with Crippen LogP contribution >= 0.6 is 15.9 Å². The molecule has 0 bridgehead atoms. The lowest BCUT2D eigenvalue weighted by Crippen LogP contribution is -1.97. The quantitative estimate of drug-likeness (QED) is 0.371. The molecule has 0 saturated carbocycles. The highest BCUT2D eigenvalue weighted by Crippen LogP contribution is 2.01. The Bertz CT molecular complexity index is 63.4. The van der Waals surface area contributed by atoms with Crippen molar-refractivity contribution in [2.75, 3.05) is 6.61 Å². The lowest BCUT2D eigenvalue weighted by Gasteiger charge is -1.98. The number of hydrogen-bond donors (Lipinski definition) is 0. The average molecular weight is 181 g/mol. The van der Waals surface area contributed by atoms with Gasteiger partial charge in [0.25, 0.3) is 6.47 Å². The Hall–Kier alpha value is -0.0500. The lowest BCUT2D eigenvalue weighted by atomic mass is 10.4. The molecule has 0 N–H and O–H groups in total. The summed E-state index contributed by atoms with van der Waals surface area (Å²) in [4.78, 5) is 9.98. The van der Waals surface area contributed by atoms with Crippen molar-refractivity contribution in [2.45, 2.75) is 18.2 Å². The van der Waals surface area contributed by atoms with Crippen LogP contribution in [0.2, 0.25) is 0 Å². The molecular formula is C5H9BrO2. The van der Waals surface area contributed by atoms with Crippen molar-refractivity contribution >= 4 is 22.4 Å². The minimum absolute atomic E-state index is 0.433. The molecule has 0 rings (SSSR count). The summed E-state index contributed by atoms with van der Waals surface area (Å²) in [5, 5.41) is 0. The molecule has 0 aromatic carbocycles. The van der Waals surface area contributed by atoms with Gasteiger partial charge in [-0.1, -0.05) is 22.9 Å². The molecule has 1 atom stereocenters. The van der Waals surface area contributed by atoms with Crippen molar-refractivity contribution < 1.29 is 9.53 Å². The standard InChI is InChI=1S/C5H9BrO2/c1-5(6)2-3-8-4-7/h4-5H,2-3H2,1H3. The van der Waals surface area contributed by atoms with Crippen molar-refractivity contribution in [3.8, 4) is 0 Å². The first kappa shape index (κ1) is 7.95. The zero-order valence-electron chi connectivity index (χ0n) is 4.76. The Morgan fingerprint density at radius 1 is 1.88 bits per heavy atom. The van der Waals surface area contributed by atoms with E-state index in [2.05, 4.69) is 20.7 Å². The number of rotatable bonds is 4. The third-order valence-electron chi connectivity index (χ3n) is 0.702. The summed E-state index contributed by atoms with van der Waals surface area (Å²) in [5.41, 5.74) is 0. The summed E-state index contributed by atoms with van der Waals surface area (Å²) < 4.78 is 4.43. The van der Waals surface area contributed by atoms with Crippen LogP contribution in [0.5, 0.6) is 0 Å². The second-order valence-electron chi connectivity index (χ2n) is 1.54. The molecule has 0 fully saturated rings. The van der Waals surface area contributed by atoms with Gasteiger partial charge in [-0.25, -0.2) is 0 Å². The fourth-order valence-corrected chi connectivity index (χ4v) is 0.465. The van der Waals surface area contributed by atoms with Gasteiger partial charge in [0.05, 0.1) is 6.61 Å². The summed E-state index contributed by atoms with van der Waals surface area (Å²) in [6.45, 7) is 2.99. The highest BCUT2D eigenvalue weighted by molar-refractivity contribution is 9.09. The predicted molar refractivity (Wildman–Crippen MR) is 35.0 cm³/mol. The van der Waals surface area contributed by atoms with Crippen LogP contribution in [-0.2, 0) is 9.53 Å². The van der Waals surface area contributed by atoms with E-state index in [1.807, 2.05) is 6.92 Å². The maximum Gasteiger partial charge on any atom is 0.293 e. The van der Waals surface area contributed by atoms with Gasteiger partial charge >= 0.3 is 0 Å². The van der Waals surface area contributed by atoms with Crippen molar-refractivity contribution in [3.63, 3.8) is 0 Å². The number of halogens is 1. The van der Waals surface area contributed by atoms with Crippen molar-refractivity contribution in [3.05, 3.63) is 0 Å². The topological polar surface area (TPSA) is 26.3 Å². The van der Waals surface area contributed by atoms with Crippen LogP contribution < -0.4 is 0 Å². The van der Waals surface area contributed by atoms with E-state index in [0.29, 0.717) is 17.9 Å². The Balaban J connectivity index is 2.81. The van der Waals surface area contributed by atoms with Gasteiger partial charge in [-0.2, -0.15) is 0 Å². The van der Waals surface area contributed by atoms with E-state index < -0.39 is 0 Å². The molecule has 0 heterocycles. The minimum atomic E-state index is 0.433. The smallest absolute Gasteiger partial charge is 0.293 e. The fraction of sp³-hybridized carbons (Fsp3) is 0.800. The number of hydrogen-bond acceptors (Lipinski definition) is 2. The fourth-order valence-electron chi connectivity index (χ4n) is 0.279. The predicted octanol–water partition coefficient (Wildman–Crippen LogP) is 1.33. The van der Waals surface area contributed by atoms with E-state index in [1.54, 1.807) is 0 Å². The second kappa shape index (κ2) is 5.09. The number of ether oxygens (including phenoxy) is 1. The molecule has 0 aliphatic rings. The third kappa shape index (κ3) is 5.95. The number of alkyl halides is 1. The molecular weight excluding hydrogens is 172 g/mol. The molecule has 0 aliphatic heterocycles. The zero-order chi connectivity index (χ0) is 6.41. The van der Waals surface area contributed by atoms with E-state index in [9.17, 15) is 4.79 Å². The van der Waals surface area contributed by atoms with Gasteiger partial charge in [0.1, 0.15) is 0 Å². The van der Waals surface area contributed by atoms with Crippen LogP contribution in [0.4, 0.5) is 0 Å². The maximum absolute atomic E-state index is 9.55. The molecule has 0 radical (unpaired) electrons. The number of carbonyl (C=O) groups excluding carboxylic acids is 1. The van der Waals surface area contributed by atoms with Crippen LogP contribution in [0.15, 0.2) is 0 Å². The lowest BCUT2D eigenvalue weighted by molar-refractivity contribution is -0.128. The SMILES string of the molecule is CC(Br)CCOC=O. The number of carbonyl (C=O) groups is 1. The first-order valence-corrected chi connectivity index (χ1v) is 3.38. The van der Waals surface area contributed by atoms with E-state index in [4.69, 9.17) is 0 Å². The normalized spacial score (nSPS) is 12.8. The molecule has 2 nitrogen and oxygen atoms in total. The molecule has 48 valence electrons. The van der Waals surface area contributed by atoms with Crippen molar-refractivity contribution in [2.24, 2.45) is 0 Å². The van der Waals surface area contributed by atoms with Gasteiger partial charge < -0.3 is 4.74 Å². The summed E-state index contributed by atoms with van der Waals surface area (Å²) in [7, 11) is 0. The van der Waals surface area contributed by atoms with Crippen molar-refractivity contribution in [1.29, 1.82) is 0 Å². The molecule has 0 aliphatic carbocycles. The highest BCUT2D eigenvalue weighted by atomic mass is 79.9. The minimum Gasteiger partial charge on any atom is -0.468 e. The zero-order valence-corrected chi connectivity index (χ0v) is 6.35. The summed E-state index contributed by atoms with van der Waals surface area (Å²) in [6.07, 6.45) is 0.874. The van der Waals surface area contributed by atoms with E-state index in [0.717, 1.165) is 6.42 Å². The molecule has 0 saturated heterocycles. The average Bonchev–Trinajstić information content (AvgIpc) is 1.66. The Morgan fingerprint density at radius 2 is 2.50 bits per heavy atom. The molecule has 1 unspecified atom stereocenters. The Morgan fingerprint density at radius 3 is 2.88 bits per heavy atom. The van der Waals surface area contributed by atoms with E-state index >= 15 is 0 Å². The van der Waals surface area contributed by atoms with Gasteiger partial charge in [-0.3, -0.25) is 4.79 Å². The summed E-state index contributed by atoms with van der Waals surface area (Å²) >= 11 is 3.31. The van der Waals surface area contributed by atoms with Crippen LogP contribution in [0.3, 0.4) is 0 Å².